The second kappa shape index (κ2) is 6.50. The van der Waals surface area contributed by atoms with Gasteiger partial charge in [0.2, 0.25) is 0 Å². The molecular weight excluding hydrogens is 270 g/mol. The van der Waals surface area contributed by atoms with Gasteiger partial charge in [-0.1, -0.05) is 19.0 Å². The molecule has 2 atom stereocenters. The van der Waals surface area contributed by atoms with Crippen molar-refractivity contribution in [1.82, 2.24) is 15.4 Å². The second-order valence-corrected chi connectivity index (χ2v) is 8.72. The lowest BCUT2D eigenvalue weighted by atomic mass is 10.1. The average Bonchev–Trinajstić information content (AvgIpc) is 2.72. The van der Waals surface area contributed by atoms with Crippen LogP contribution in [0.2, 0.25) is 0 Å². The number of hydrogen-bond acceptors (Lipinski definition) is 5. The van der Waals surface area contributed by atoms with Gasteiger partial charge in [-0.15, -0.1) is 0 Å². The first kappa shape index (κ1) is 15.9. The molecule has 0 bridgehead atoms. The predicted octanol–water partition coefficient (Wildman–Crippen LogP) is 2.89. The molecule has 0 aliphatic carbocycles. The molecule has 0 spiro atoms. The Balaban J connectivity index is 1.86. The molecular formula is C15H27N3OS. The molecule has 2 rings (SSSR count). The Labute approximate surface area is 126 Å². The molecule has 2 unspecified atom stereocenters. The summed E-state index contributed by atoms with van der Waals surface area (Å²) in [6.07, 6.45) is 0. The van der Waals surface area contributed by atoms with Gasteiger partial charge in [0.25, 0.3) is 0 Å². The van der Waals surface area contributed by atoms with Crippen LogP contribution in [0.5, 0.6) is 0 Å². The van der Waals surface area contributed by atoms with E-state index < -0.39 is 0 Å². The SMILES string of the molecule is CC1CN(Cc2cc(CNC(C)(C)C)no2)CC(C)S1. The fourth-order valence-corrected chi connectivity index (χ4v) is 3.89. The molecule has 0 amide bonds. The zero-order chi connectivity index (χ0) is 14.8. The number of rotatable bonds is 4. The van der Waals surface area contributed by atoms with E-state index in [4.69, 9.17) is 4.52 Å². The highest BCUT2D eigenvalue weighted by molar-refractivity contribution is 8.00. The Morgan fingerprint density at radius 3 is 2.60 bits per heavy atom. The fourth-order valence-electron chi connectivity index (χ4n) is 2.50. The summed E-state index contributed by atoms with van der Waals surface area (Å²) in [4.78, 5) is 2.47. The Morgan fingerprint density at radius 1 is 1.35 bits per heavy atom. The van der Waals surface area contributed by atoms with Crippen LogP contribution < -0.4 is 5.32 Å². The highest BCUT2D eigenvalue weighted by Gasteiger charge is 2.23. The van der Waals surface area contributed by atoms with Crippen LogP contribution >= 0.6 is 11.8 Å². The van der Waals surface area contributed by atoms with Crippen LogP contribution in [0.15, 0.2) is 10.6 Å². The third-order valence-corrected chi connectivity index (χ3v) is 4.51. The van der Waals surface area contributed by atoms with Crippen molar-refractivity contribution in [2.24, 2.45) is 0 Å². The maximum Gasteiger partial charge on any atom is 0.151 e. The molecule has 0 saturated carbocycles. The van der Waals surface area contributed by atoms with Gasteiger partial charge in [0.1, 0.15) is 0 Å². The highest BCUT2D eigenvalue weighted by Crippen LogP contribution is 2.25. The smallest absolute Gasteiger partial charge is 0.151 e. The van der Waals surface area contributed by atoms with Crippen LogP contribution in [0.4, 0.5) is 0 Å². The number of nitrogens with one attached hydrogen (secondary N) is 1. The van der Waals surface area contributed by atoms with Crippen molar-refractivity contribution in [3.63, 3.8) is 0 Å². The summed E-state index contributed by atoms with van der Waals surface area (Å²) >= 11 is 2.07. The van der Waals surface area contributed by atoms with E-state index in [2.05, 4.69) is 67.8 Å². The van der Waals surface area contributed by atoms with Gasteiger partial charge >= 0.3 is 0 Å². The van der Waals surface area contributed by atoms with Gasteiger partial charge in [-0.25, -0.2) is 0 Å². The van der Waals surface area contributed by atoms with Crippen molar-refractivity contribution in [1.29, 1.82) is 0 Å². The van der Waals surface area contributed by atoms with Crippen molar-refractivity contribution in [2.75, 3.05) is 13.1 Å². The number of aromatic nitrogens is 1. The van der Waals surface area contributed by atoms with Gasteiger partial charge in [0.05, 0.1) is 12.2 Å². The van der Waals surface area contributed by atoms with Crippen molar-refractivity contribution in [3.8, 4) is 0 Å². The van der Waals surface area contributed by atoms with E-state index in [0.29, 0.717) is 10.5 Å². The highest BCUT2D eigenvalue weighted by atomic mass is 32.2. The van der Waals surface area contributed by atoms with Crippen molar-refractivity contribution >= 4 is 11.8 Å². The molecule has 1 saturated heterocycles. The van der Waals surface area contributed by atoms with Crippen LogP contribution in [0.25, 0.3) is 0 Å². The monoisotopic (exact) mass is 297 g/mol. The minimum atomic E-state index is 0.105. The van der Waals surface area contributed by atoms with Crippen LogP contribution in [0, 0.1) is 0 Å². The van der Waals surface area contributed by atoms with Gasteiger partial charge < -0.3 is 9.84 Å². The van der Waals surface area contributed by atoms with E-state index in [9.17, 15) is 0 Å². The van der Waals surface area contributed by atoms with Crippen molar-refractivity contribution in [3.05, 3.63) is 17.5 Å². The van der Waals surface area contributed by atoms with E-state index in [0.717, 1.165) is 37.6 Å². The maximum absolute atomic E-state index is 5.46. The Kier molecular flexibility index (Phi) is 5.15. The van der Waals surface area contributed by atoms with Crippen LogP contribution in [-0.2, 0) is 13.1 Å². The molecule has 1 fully saturated rings. The lowest BCUT2D eigenvalue weighted by Gasteiger charge is -2.33. The van der Waals surface area contributed by atoms with Gasteiger partial charge in [-0.05, 0) is 20.8 Å². The standard InChI is InChI=1S/C15H27N3OS/c1-11-8-18(9-12(2)20-11)10-14-6-13(17-19-14)7-16-15(3,4)5/h6,11-12,16H,7-10H2,1-5H3. The molecule has 1 aromatic heterocycles. The maximum atomic E-state index is 5.46. The summed E-state index contributed by atoms with van der Waals surface area (Å²) in [5.41, 5.74) is 1.09. The second-order valence-electron chi connectivity index (χ2n) is 6.84. The molecule has 4 nitrogen and oxygen atoms in total. The minimum Gasteiger partial charge on any atom is -0.360 e. The molecule has 1 aliphatic rings. The molecule has 0 radical (unpaired) electrons. The largest absolute Gasteiger partial charge is 0.360 e. The molecule has 0 aromatic carbocycles. The summed E-state index contributed by atoms with van der Waals surface area (Å²) in [5.74, 6) is 0.974. The number of hydrogen-bond donors (Lipinski definition) is 1. The fraction of sp³-hybridized carbons (Fsp3) is 0.800. The molecule has 114 valence electrons. The molecule has 1 N–H and O–H groups in total. The summed E-state index contributed by atoms with van der Waals surface area (Å²) < 4.78 is 5.46. The van der Waals surface area contributed by atoms with E-state index in [1.54, 1.807) is 0 Å². The Hall–Kier alpha value is -0.520. The molecule has 20 heavy (non-hydrogen) atoms. The van der Waals surface area contributed by atoms with Gasteiger partial charge in [0.15, 0.2) is 5.76 Å². The van der Waals surface area contributed by atoms with Crippen LogP contribution in [0.1, 0.15) is 46.1 Å². The summed E-state index contributed by atoms with van der Waals surface area (Å²) in [6, 6.07) is 2.08. The van der Waals surface area contributed by atoms with Gasteiger partial charge in [-0.2, -0.15) is 11.8 Å². The summed E-state index contributed by atoms with van der Waals surface area (Å²) in [7, 11) is 0. The number of thioether (sulfide) groups is 1. The van der Waals surface area contributed by atoms with Crippen LogP contribution in [-0.4, -0.2) is 39.2 Å². The first-order chi connectivity index (χ1) is 9.32. The quantitative estimate of drug-likeness (QED) is 0.925. The van der Waals surface area contributed by atoms with E-state index in [1.165, 1.54) is 0 Å². The predicted molar refractivity (Wildman–Crippen MR) is 84.9 cm³/mol. The van der Waals surface area contributed by atoms with Crippen molar-refractivity contribution in [2.45, 2.75) is 63.7 Å². The molecule has 1 aromatic rings. The zero-order valence-electron chi connectivity index (χ0n) is 13.3. The normalized spacial score (nSPS) is 25.1. The lowest BCUT2D eigenvalue weighted by Crippen LogP contribution is -2.39. The molecule has 5 heteroatoms. The zero-order valence-corrected chi connectivity index (χ0v) is 14.1. The first-order valence-corrected chi connectivity index (χ1v) is 8.33. The summed E-state index contributed by atoms with van der Waals surface area (Å²) in [6.45, 7) is 15.0. The van der Waals surface area contributed by atoms with Gasteiger partial charge in [0, 0.05) is 41.7 Å². The number of nitrogens with zero attached hydrogens (tertiary/aromatic N) is 2. The Morgan fingerprint density at radius 2 is 2.00 bits per heavy atom. The first-order valence-electron chi connectivity index (χ1n) is 7.39. The molecule has 1 aliphatic heterocycles. The third kappa shape index (κ3) is 5.11. The topological polar surface area (TPSA) is 41.3 Å². The lowest BCUT2D eigenvalue weighted by molar-refractivity contribution is 0.228. The van der Waals surface area contributed by atoms with E-state index in [-0.39, 0.29) is 5.54 Å². The van der Waals surface area contributed by atoms with Crippen molar-refractivity contribution < 1.29 is 4.52 Å². The average molecular weight is 297 g/mol. The summed E-state index contributed by atoms with van der Waals surface area (Å²) in [5, 5.41) is 8.98. The van der Waals surface area contributed by atoms with E-state index >= 15 is 0 Å². The molecule has 2 heterocycles. The van der Waals surface area contributed by atoms with Gasteiger partial charge in [-0.3, -0.25) is 4.90 Å². The van der Waals surface area contributed by atoms with E-state index in [1.807, 2.05) is 0 Å². The minimum absolute atomic E-state index is 0.105. The Bertz CT molecular complexity index is 417. The van der Waals surface area contributed by atoms with Crippen LogP contribution in [0.3, 0.4) is 0 Å². The third-order valence-electron chi connectivity index (χ3n) is 3.28.